The molecule has 0 saturated carbocycles. The third-order valence-electron chi connectivity index (χ3n) is 4.43. The number of aromatic nitrogens is 3. The molecule has 3 aromatic rings. The van der Waals surface area contributed by atoms with Crippen LogP contribution in [0.4, 0.5) is 5.82 Å². The van der Waals surface area contributed by atoms with Crippen molar-refractivity contribution in [3.8, 4) is 0 Å². The van der Waals surface area contributed by atoms with Crippen LogP contribution in [0.5, 0.6) is 0 Å². The standard InChI is InChI=1S/C16H21N5S.C2H6/c1-9-7-10(2)19-16-12(9)13-14(22-16)15(20-21(13)3)18-8-11-5-4-6-17-11;1-2/h7,11,17H,4-6,8H2,1-3H3,(H,18,20);1-2H3. The van der Waals surface area contributed by atoms with Gasteiger partial charge < -0.3 is 10.6 Å². The molecule has 1 fully saturated rings. The van der Waals surface area contributed by atoms with Gasteiger partial charge in [0, 0.05) is 30.7 Å². The number of anilines is 1. The van der Waals surface area contributed by atoms with Crippen molar-refractivity contribution >= 4 is 37.6 Å². The highest BCUT2D eigenvalue weighted by Crippen LogP contribution is 2.38. The second-order valence-electron chi connectivity index (χ2n) is 6.19. The van der Waals surface area contributed by atoms with Crippen molar-refractivity contribution in [3.05, 3.63) is 17.3 Å². The molecule has 0 radical (unpaired) electrons. The van der Waals surface area contributed by atoms with Crippen molar-refractivity contribution in [3.63, 3.8) is 0 Å². The van der Waals surface area contributed by atoms with Crippen molar-refractivity contribution in [1.82, 2.24) is 20.1 Å². The van der Waals surface area contributed by atoms with Gasteiger partial charge in [0.05, 0.1) is 10.2 Å². The Kier molecular flexibility index (Phi) is 5.06. The zero-order valence-corrected chi connectivity index (χ0v) is 16.0. The molecule has 3 aromatic heterocycles. The lowest BCUT2D eigenvalue weighted by Gasteiger charge is -2.10. The fourth-order valence-corrected chi connectivity index (χ4v) is 4.69. The van der Waals surface area contributed by atoms with Gasteiger partial charge in [-0.25, -0.2) is 4.98 Å². The zero-order valence-electron chi connectivity index (χ0n) is 15.2. The number of fused-ring (bicyclic) bond motifs is 3. The number of hydrogen-bond acceptors (Lipinski definition) is 5. The molecule has 0 bridgehead atoms. The highest BCUT2D eigenvalue weighted by atomic mass is 32.1. The molecule has 6 heteroatoms. The summed E-state index contributed by atoms with van der Waals surface area (Å²) in [7, 11) is 2.02. The molecule has 5 nitrogen and oxygen atoms in total. The third kappa shape index (κ3) is 3.00. The smallest absolute Gasteiger partial charge is 0.166 e. The van der Waals surface area contributed by atoms with E-state index in [0.717, 1.165) is 29.4 Å². The van der Waals surface area contributed by atoms with Gasteiger partial charge >= 0.3 is 0 Å². The summed E-state index contributed by atoms with van der Waals surface area (Å²) in [4.78, 5) is 5.82. The molecule has 4 heterocycles. The molecular weight excluding hydrogens is 318 g/mol. The number of rotatable bonds is 3. The maximum atomic E-state index is 4.70. The van der Waals surface area contributed by atoms with E-state index < -0.39 is 0 Å². The van der Waals surface area contributed by atoms with Gasteiger partial charge in [0.25, 0.3) is 0 Å². The molecule has 130 valence electrons. The van der Waals surface area contributed by atoms with E-state index >= 15 is 0 Å². The molecule has 4 rings (SSSR count). The summed E-state index contributed by atoms with van der Waals surface area (Å²) in [5.74, 6) is 0.992. The lowest BCUT2D eigenvalue weighted by molar-refractivity contribution is 0.631. The Morgan fingerprint density at radius 3 is 2.88 bits per heavy atom. The summed E-state index contributed by atoms with van der Waals surface area (Å²) in [5.41, 5.74) is 3.56. The van der Waals surface area contributed by atoms with Gasteiger partial charge in [0.15, 0.2) is 5.82 Å². The van der Waals surface area contributed by atoms with Gasteiger partial charge in [0.2, 0.25) is 0 Å². The van der Waals surface area contributed by atoms with E-state index in [4.69, 9.17) is 4.98 Å². The average Bonchev–Trinajstić information content (AvgIpc) is 3.25. The summed E-state index contributed by atoms with van der Waals surface area (Å²) >= 11 is 1.74. The average molecular weight is 346 g/mol. The van der Waals surface area contributed by atoms with Crippen LogP contribution < -0.4 is 10.6 Å². The Balaban J connectivity index is 0.000000815. The molecule has 2 N–H and O–H groups in total. The Morgan fingerprint density at radius 2 is 2.17 bits per heavy atom. The maximum absolute atomic E-state index is 4.70. The molecular formula is C18H27N5S. The minimum Gasteiger partial charge on any atom is -0.366 e. The number of hydrogen-bond donors (Lipinski definition) is 2. The number of pyridine rings is 1. The molecule has 1 unspecified atom stereocenters. The topological polar surface area (TPSA) is 54.8 Å². The monoisotopic (exact) mass is 345 g/mol. The number of nitrogens with one attached hydrogen (secondary N) is 2. The van der Waals surface area contributed by atoms with E-state index in [-0.39, 0.29) is 0 Å². The van der Waals surface area contributed by atoms with E-state index in [1.54, 1.807) is 11.3 Å². The van der Waals surface area contributed by atoms with Crippen LogP contribution in [0.3, 0.4) is 0 Å². The van der Waals surface area contributed by atoms with E-state index in [1.165, 1.54) is 34.0 Å². The van der Waals surface area contributed by atoms with Crippen LogP contribution in [0, 0.1) is 13.8 Å². The predicted octanol–water partition coefficient (Wildman–Crippen LogP) is 3.99. The molecule has 1 aliphatic rings. The van der Waals surface area contributed by atoms with Gasteiger partial charge in [-0.1, -0.05) is 13.8 Å². The lowest BCUT2D eigenvalue weighted by Crippen LogP contribution is -2.29. The first-order chi connectivity index (χ1) is 11.6. The van der Waals surface area contributed by atoms with Gasteiger partial charge in [0.1, 0.15) is 4.83 Å². The van der Waals surface area contributed by atoms with Crippen LogP contribution in [0.1, 0.15) is 37.9 Å². The minimum absolute atomic E-state index is 0.563. The number of thiophene rings is 1. The second-order valence-corrected chi connectivity index (χ2v) is 7.19. The van der Waals surface area contributed by atoms with Crippen molar-refractivity contribution in [1.29, 1.82) is 0 Å². The van der Waals surface area contributed by atoms with Crippen molar-refractivity contribution in [2.75, 3.05) is 18.4 Å². The van der Waals surface area contributed by atoms with Crippen LogP contribution in [0.15, 0.2) is 6.07 Å². The van der Waals surface area contributed by atoms with Crippen LogP contribution in [-0.4, -0.2) is 33.9 Å². The summed E-state index contributed by atoms with van der Waals surface area (Å²) in [5, 5.41) is 13.0. The Morgan fingerprint density at radius 1 is 1.38 bits per heavy atom. The highest BCUT2D eigenvalue weighted by molar-refractivity contribution is 7.26. The molecule has 1 saturated heterocycles. The normalized spacial score (nSPS) is 17.3. The lowest BCUT2D eigenvalue weighted by atomic mass is 10.1. The maximum Gasteiger partial charge on any atom is 0.166 e. The summed E-state index contributed by atoms with van der Waals surface area (Å²) < 4.78 is 3.21. The van der Waals surface area contributed by atoms with E-state index in [9.17, 15) is 0 Å². The van der Waals surface area contributed by atoms with Gasteiger partial charge in [-0.3, -0.25) is 4.68 Å². The molecule has 0 spiro atoms. The van der Waals surface area contributed by atoms with Crippen LogP contribution in [0.2, 0.25) is 0 Å². The molecule has 1 atom stereocenters. The molecule has 0 amide bonds. The van der Waals surface area contributed by atoms with Crippen LogP contribution >= 0.6 is 11.3 Å². The van der Waals surface area contributed by atoms with Gasteiger partial charge in [-0.05, 0) is 44.9 Å². The van der Waals surface area contributed by atoms with E-state index in [0.29, 0.717) is 6.04 Å². The van der Waals surface area contributed by atoms with E-state index in [1.807, 2.05) is 25.6 Å². The Labute approximate surface area is 147 Å². The number of nitrogens with zero attached hydrogens (tertiary/aromatic N) is 3. The van der Waals surface area contributed by atoms with Gasteiger partial charge in [-0.15, -0.1) is 11.3 Å². The van der Waals surface area contributed by atoms with Crippen LogP contribution in [0.25, 0.3) is 20.4 Å². The largest absolute Gasteiger partial charge is 0.366 e. The summed E-state index contributed by atoms with van der Waals surface area (Å²) in [6.45, 7) is 10.3. The molecule has 0 aromatic carbocycles. The molecule has 0 aliphatic carbocycles. The fraction of sp³-hybridized carbons (Fsp3) is 0.556. The number of aryl methyl sites for hydroxylation is 3. The highest BCUT2D eigenvalue weighted by Gasteiger charge is 2.19. The second kappa shape index (κ2) is 7.07. The zero-order chi connectivity index (χ0) is 17.3. The summed E-state index contributed by atoms with van der Waals surface area (Å²) in [6.07, 6.45) is 2.52. The van der Waals surface area contributed by atoms with Gasteiger partial charge in [-0.2, -0.15) is 5.10 Å². The Hall–Kier alpha value is -1.66. The van der Waals surface area contributed by atoms with Crippen molar-refractivity contribution < 1.29 is 0 Å². The third-order valence-corrected chi connectivity index (χ3v) is 5.51. The van der Waals surface area contributed by atoms with Crippen molar-refractivity contribution in [2.24, 2.45) is 7.05 Å². The SMILES string of the molecule is CC.Cc1cc(C)c2c(n1)sc1c(NCC3CCCN3)nn(C)c12. The first-order valence-electron chi connectivity index (χ1n) is 8.84. The quantitative estimate of drug-likeness (QED) is 0.753. The van der Waals surface area contributed by atoms with Crippen LogP contribution in [-0.2, 0) is 7.05 Å². The van der Waals surface area contributed by atoms with Crippen molar-refractivity contribution in [2.45, 2.75) is 46.6 Å². The minimum atomic E-state index is 0.563. The fourth-order valence-electron chi connectivity index (χ4n) is 3.40. The van der Waals surface area contributed by atoms with E-state index in [2.05, 4.69) is 35.6 Å². The molecule has 24 heavy (non-hydrogen) atoms. The predicted molar refractivity (Wildman–Crippen MR) is 104 cm³/mol. The first-order valence-corrected chi connectivity index (χ1v) is 9.66. The summed E-state index contributed by atoms with van der Waals surface area (Å²) in [6, 6.07) is 2.71. The Bertz CT molecular complexity index is 842. The first kappa shape index (κ1) is 17.2. The molecule has 1 aliphatic heterocycles.